The van der Waals surface area contributed by atoms with Crippen LogP contribution in [0.4, 0.5) is 0 Å². The Morgan fingerprint density at radius 1 is 1.12 bits per heavy atom. The first-order valence-electron chi connectivity index (χ1n) is 5.91. The molecule has 0 N–H and O–H groups in total. The minimum atomic E-state index is 0.530. The van der Waals surface area contributed by atoms with Crippen molar-refractivity contribution in [2.45, 2.75) is 33.4 Å². The number of benzene rings is 1. The van der Waals surface area contributed by atoms with Gasteiger partial charge in [-0.25, -0.2) is 0 Å². The zero-order valence-corrected chi connectivity index (χ0v) is 11.7. The second kappa shape index (κ2) is 5.92. The molecule has 0 saturated heterocycles. The molecule has 17 heavy (non-hydrogen) atoms. The van der Waals surface area contributed by atoms with Gasteiger partial charge in [-0.2, -0.15) is 0 Å². The highest BCUT2D eigenvalue weighted by molar-refractivity contribution is 5.47. The van der Waals surface area contributed by atoms with E-state index in [2.05, 4.69) is 38.8 Å². The first-order chi connectivity index (χ1) is 7.99. The van der Waals surface area contributed by atoms with Crippen LogP contribution in [0, 0.1) is 6.92 Å². The largest absolute Gasteiger partial charge is 0.493 e. The fourth-order valence-corrected chi connectivity index (χ4v) is 1.64. The molecule has 3 heteroatoms. The summed E-state index contributed by atoms with van der Waals surface area (Å²) in [6.45, 7) is 7.40. The van der Waals surface area contributed by atoms with Crippen LogP contribution < -0.4 is 9.47 Å². The van der Waals surface area contributed by atoms with Gasteiger partial charge in [-0.1, -0.05) is 0 Å². The van der Waals surface area contributed by atoms with Crippen LogP contribution in [0.25, 0.3) is 0 Å². The van der Waals surface area contributed by atoms with E-state index in [0.29, 0.717) is 6.04 Å². The van der Waals surface area contributed by atoms with Crippen molar-refractivity contribution in [2.75, 3.05) is 21.3 Å². The van der Waals surface area contributed by atoms with E-state index in [1.54, 1.807) is 14.2 Å². The van der Waals surface area contributed by atoms with Crippen molar-refractivity contribution in [3.63, 3.8) is 0 Å². The van der Waals surface area contributed by atoms with Crippen molar-refractivity contribution in [2.24, 2.45) is 0 Å². The Hall–Kier alpha value is -1.22. The fourth-order valence-electron chi connectivity index (χ4n) is 1.64. The van der Waals surface area contributed by atoms with Gasteiger partial charge in [0.05, 0.1) is 14.2 Å². The minimum absolute atomic E-state index is 0.530. The maximum Gasteiger partial charge on any atom is 0.161 e. The zero-order chi connectivity index (χ0) is 13.0. The lowest BCUT2D eigenvalue weighted by atomic mass is 10.1. The van der Waals surface area contributed by atoms with Crippen LogP contribution in [-0.2, 0) is 6.54 Å². The van der Waals surface area contributed by atoms with Crippen molar-refractivity contribution in [1.82, 2.24) is 4.90 Å². The average Bonchev–Trinajstić information content (AvgIpc) is 2.30. The van der Waals surface area contributed by atoms with Gasteiger partial charge in [-0.15, -0.1) is 0 Å². The number of rotatable bonds is 5. The van der Waals surface area contributed by atoms with Crippen molar-refractivity contribution in [3.05, 3.63) is 23.3 Å². The highest BCUT2D eigenvalue weighted by Gasteiger charge is 2.11. The number of hydrogen-bond acceptors (Lipinski definition) is 3. The Morgan fingerprint density at radius 2 is 1.65 bits per heavy atom. The van der Waals surface area contributed by atoms with Crippen LogP contribution in [-0.4, -0.2) is 32.2 Å². The summed E-state index contributed by atoms with van der Waals surface area (Å²) in [5.74, 6) is 1.59. The van der Waals surface area contributed by atoms with E-state index >= 15 is 0 Å². The molecule has 0 atom stereocenters. The molecule has 1 aromatic rings. The highest BCUT2D eigenvalue weighted by Crippen LogP contribution is 2.30. The molecular weight excluding hydrogens is 214 g/mol. The molecule has 96 valence electrons. The average molecular weight is 237 g/mol. The maximum absolute atomic E-state index is 5.33. The zero-order valence-electron chi connectivity index (χ0n) is 11.7. The van der Waals surface area contributed by atoms with Crippen LogP contribution in [0.1, 0.15) is 25.0 Å². The van der Waals surface area contributed by atoms with Crippen LogP contribution in [0.2, 0.25) is 0 Å². The van der Waals surface area contributed by atoms with Gasteiger partial charge < -0.3 is 9.47 Å². The van der Waals surface area contributed by atoms with E-state index in [9.17, 15) is 0 Å². The molecule has 0 aromatic heterocycles. The van der Waals surface area contributed by atoms with Gasteiger partial charge >= 0.3 is 0 Å². The third kappa shape index (κ3) is 3.37. The summed E-state index contributed by atoms with van der Waals surface area (Å²) < 4.78 is 10.6. The molecule has 0 aliphatic rings. The van der Waals surface area contributed by atoms with Gasteiger partial charge in [0.15, 0.2) is 11.5 Å². The third-order valence-corrected chi connectivity index (χ3v) is 3.14. The van der Waals surface area contributed by atoms with E-state index < -0.39 is 0 Å². The number of aryl methyl sites for hydroxylation is 1. The molecule has 3 nitrogen and oxygen atoms in total. The molecule has 0 aliphatic carbocycles. The second-order valence-corrected chi connectivity index (χ2v) is 4.64. The number of hydrogen-bond donors (Lipinski definition) is 0. The Bertz CT molecular complexity index is 375. The number of methoxy groups -OCH3 is 2. The molecular formula is C14H23NO2. The molecule has 1 aromatic carbocycles. The monoisotopic (exact) mass is 237 g/mol. The summed E-state index contributed by atoms with van der Waals surface area (Å²) in [5.41, 5.74) is 2.51. The quantitative estimate of drug-likeness (QED) is 0.786. The standard InChI is InChI=1S/C14H23NO2/c1-10(2)15(4)9-12-8-14(17-6)13(16-5)7-11(12)3/h7-8,10H,9H2,1-6H3. The molecule has 0 heterocycles. The lowest BCUT2D eigenvalue weighted by Gasteiger charge is -2.22. The van der Waals surface area contributed by atoms with Gasteiger partial charge in [0.2, 0.25) is 0 Å². The van der Waals surface area contributed by atoms with E-state index in [0.717, 1.165) is 18.0 Å². The predicted molar refractivity (Wildman–Crippen MR) is 70.9 cm³/mol. The van der Waals surface area contributed by atoms with E-state index in [1.807, 2.05) is 6.07 Å². The van der Waals surface area contributed by atoms with E-state index in [1.165, 1.54) is 11.1 Å². The van der Waals surface area contributed by atoms with E-state index in [-0.39, 0.29) is 0 Å². The summed E-state index contributed by atoms with van der Waals surface area (Å²) in [4.78, 5) is 2.30. The van der Waals surface area contributed by atoms with Crippen molar-refractivity contribution < 1.29 is 9.47 Å². The third-order valence-electron chi connectivity index (χ3n) is 3.14. The summed E-state index contributed by atoms with van der Waals surface area (Å²) in [7, 11) is 5.46. The van der Waals surface area contributed by atoms with Gasteiger partial charge in [0.25, 0.3) is 0 Å². The lowest BCUT2D eigenvalue weighted by molar-refractivity contribution is 0.264. The summed E-state index contributed by atoms with van der Waals surface area (Å²) in [6.07, 6.45) is 0. The Morgan fingerprint density at radius 3 is 2.12 bits per heavy atom. The Kier molecular flexibility index (Phi) is 4.82. The molecule has 0 radical (unpaired) electrons. The SMILES string of the molecule is COc1cc(C)c(CN(C)C(C)C)cc1OC. The normalized spacial score (nSPS) is 11.1. The molecule has 0 amide bonds. The lowest BCUT2D eigenvalue weighted by Crippen LogP contribution is -2.25. The van der Waals surface area contributed by atoms with Crippen LogP contribution in [0.15, 0.2) is 12.1 Å². The van der Waals surface area contributed by atoms with Crippen molar-refractivity contribution >= 4 is 0 Å². The van der Waals surface area contributed by atoms with Gasteiger partial charge in [0, 0.05) is 12.6 Å². The number of nitrogens with zero attached hydrogens (tertiary/aromatic N) is 1. The second-order valence-electron chi connectivity index (χ2n) is 4.64. The fraction of sp³-hybridized carbons (Fsp3) is 0.571. The molecule has 0 unspecified atom stereocenters. The minimum Gasteiger partial charge on any atom is -0.493 e. The molecule has 0 aliphatic heterocycles. The highest BCUT2D eigenvalue weighted by atomic mass is 16.5. The molecule has 0 spiro atoms. The summed E-state index contributed by atoms with van der Waals surface area (Å²) in [6, 6.07) is 4.62. The van der Waals surface area contributed by atoms with E-state index in [4.69, 9.17) is 9.47 Å². The number of ether oxygens (including phenoxy) is 2. The molecule has 0 fully saturated rings. The van der Waals surface area contributed by atoms with Crippen LogP contribution in [0.5, 0.6) is 11.5 Å². The van der Waals surface area contributed by atoms with Crippen molar-refractivity contribution in [1.29, 1.82) is 0 Å². The smallest absolute Gasteiger partial charge is 0.161 e. The van der Waals surface area contributed by atoms with Crippen LogP contribution >= 0.6 is 0 Å². The first-order valence-corrected chi connectivity index (χ1v) is 5.91. The van der Waals surface area contributed by atoms with Crippen molar-refractivity contribution in [3.8, 4) is 11.5 Å². The molecule has 0 saturated carbocycles. The van der Waals surface area contributed by atoms with Gasteiger partial charge in [0.1, 0.15) is 0 Å². The predicted octanol–water partition coefficient (Wildman–Crippen LogP) is 2.85. The summed E-state index contributed by atoms with van der Waals surface area (Å²) in [5, 5.41) is 0. The van der Waals surface area contributed by atoms with Gasteiger partial charge in [-0.3, -0.25) is 4.90 Å². The Labute approximate surface area is 104 Å². The maximum atomic E-state index is 5.33. The van der Waals surface area contributed by atoms with Crippen LogP contribution in [0.3, 0.4) is 0 Å². The van der Waals surface area contributed by atoms with Gasteiger partial charge in [-0.05, 0) is 51.1 Å². The topological polar surface area (TPSA) is 21.7 Å². The molecule has 1 rings (SSSR count). The first kappa shape index (κ1) is 13.8. The molecule has 0 bridgehead atoms. The Balaban J connectivity index is 3.00. The summed E-state index contributed by atoms with van der Waals surface area (Å²) >= 11 is 0.